The van der Waals surface area contributed by atoms with Gasteiger partial charge in [0.05, 0.1) is 24.6 Å². The quantitative estimate of drug-likeness (QED) is 0.255. The van der Waals surface area contributed by atoms with Gasteiger partial charge in [0.25, 0.3) is 0 Å². The Hall–Kier alpha value is -4.06. The van der Waals surface area contributed by atoms with Crippen LogP contribution >= 0.6 is 0 Å². The number of halogens is 3. The molecular weight excluding hydrogens is 583 g/mol. The largest absolute Gasteiger partial charge is 0.497 e. The number of nitrogens with zero attached hydrogens (tertiary/aromatic N) is 2. The van der Waals surface area contributed by atoms with Gasteiger partial charge in [0.1, 0.15) is 18.3 Å². The highest BCUT2D eigenvalue weighted by Crippen LogP contribution is 2.32. The molecule has 1 N–H and O–H groups in total. The van der Waals surface area contributed by atoms with Crippen LogP contribution in [0.5, 0.6) is 5.75 Å². The first-order valence-electron chi connectivity index (χ1n) is 13.7. The lowest BCUT2D eigenvalue weighted by atomic mass is 10.0. The molecular formula is C31H36F3N3O5S. The van der Waals surface area contributed by atoms with Crippen LogP contribution in [0.3, 0.4) is 0 Å². The fourth-order valence-electron chi connectivity index (χ4n) is 4.48. The first-order chi connectivity index (χ1) is 20.3. The van der Waals surface area contributed by atoms with Gasteiger partial charge < -0.3 is 15.0 Å². The molecule has 0 saturated carbocycles. The van der Waals surface area contributed by atoms with E-state index in [0.29, 0.717) is 34.7 Å². The molecule has 0 aliphatic heterocycles. The van der Waals surface area contributed by atoms with Crippen LogP contribution < -0.4 is 14.4 Å². The second-order valence-corrected chi connectivity index (χ2v) is 11.9. The molecule has 0 aliphatic carbocycles. The number of benzene rings is 3. The number of hydrogen-bond donors (Lipinski definition) is 1. The van der Waals surface area contributed by atoms with E-state index < -0.39 is 46.2 Å². The fraction of sp³-hybridized carbons (Fsp3) is 0.355. The Balaban J connectivity index is 2.07. The van der Waals surface area contributed by atoms with Crippen molar-refractivity contribution in [2.24, 2.45) is 0 Å². The molecule has 0 heterocycles. The van der Waals surface area contributed by atoms with Gasteiger partial charge in [-0.05, 0) is 47.9 Å². The summed E-state index contributed by atoms with van der Waals surface area (Å²) < 4.78 is 72.0. The molecule has 3 aromatic rings. The summed E-state index contributed by atoms with van der Waals surface area (Å²) in [6.07, 6.45) is -2.25. The smallest absolute Gasteiger partial charge is 0.416 e. The van der Waals surface area contributed by atoms with Crippen molar-refractivity contribution in [1.82, 2.24) is 10.2 Å². The minimum Gasteiger partial charge on any atom is -0.497 e. The van der Waals surface area contributed by atoms with Gasteiger partial charge in [-0.15, -0.1) is 0 Å². The lowest BCUT2D eigenvalue weighted by molar-refractivity contribution is -0.140. The number of amides is 2. The van der Waals surface area contributed by atoms with Crippen molar-refractivity contribution < 1.29 is 35.9 Å². The molecule has 3 aromatic carbocycles. The van der Waals surface area contributed by atoms with Gasteiger partial charge in [-0.2, -0.15) is 13.2 Å². The number of nitrogens with one attached hydrogen (secondary N) is 1. The number of unbranched alkanes of at least 4 members (excludes halogenated alkanes) is 1. The van der Waals surface area contributed by atoms with E-state index in [2.05, 4.69) is 5.32 Å². The van der Waals surface area contributed by atoms with Crippen LogP contribution in [0.2, 0.25) is 0 Å². The third kappa shape index (κ3) is 9.74. The number of alkyl halides is 3. The number of carbonyl (C=O) groups is 2. The van der Waals surface area contributed by atoms with E-state index in [0.717, 1.165) is 30.4 Å². The number of methoxy groups -OCH3 is 1. The lowest BCUT2D eigenvalue weighted by Gasteiger charge is -2.33. The van der Waals surface area contributed by atoms with Crippen molar-refractivity contribution in [3.05, 3.63) is 95.6 Å². The summed E-state index contributed by atoms with van der Waals surface area (Å²) >= 11 is 0. The predicted octanol–water partition coefficient (Wildman–Crippen LogP) is 5.04. The third-order valence-electron chi connectivity index (χ3n) is 6.73. The van der Waals surface area contributed by atoms with Crippen molar-refractivity contribution in [3.8, 4) is 5.75 Å². The zero-order chi connectivity index (χ0) is 31.6. The molecule has 0 saturated heterocycles. The summed E-state index contributed by atoms with van der Waals surface area (Å²) in [7, 11) is -2.73. The Labute approximate surface area is 250 Å². The summed E-state index contributed by atoms with van der Waals surface area (Å²) in [4.78, 5) is 28.9. The number of carbonyl (C=O) groups excluding carboxylic acids is 2. The summed E-state index contributed by atoms with van der Waals surface area (Å²) in [5.41, 5.74) is -0.00729. The van der Waals surface area contributed by atoms with Gasteiger partial charge in [-0.25, -0.2) is 8.42 Å². The molecule has 0 aromatic heterocycles. The average Bonchev–Trinajstić information content (AvgIpc) is 2.97. The van der Waals surface area contributed by atoms with Crippen LogP contribution in [0.1, 0.15) is 36.5 Å². The highest BCUT2D eigenvalue weighted by molar-refractivity contribution is 7.92. The van der Waals surface area contributed by atoms with E-state index in [-0.39, 0.29) is 18.7 Å². The first-order valence-corrected chi connectivity index (χ1v) is 15.6. The monoisotopic (exact) mass is 619 g/mol. The van der Waals surface area contributed by atoms with Gasteiger partial charge in [0.2, 0.25) is 21.8 Å². The van der Waals surface area contributed by atoms with Gasteiger partial charge in [0, 0.05) is 19.5 Å². The van der Waals surface area contributed by atoms with E-state index in [9.17, 15) is 31.2 Å². The molecule has 0 bridgehead atoms. The molecule has 0 spiro atoms. The molecule has 43 heavy (non-hydrogen) atoms. The fourth-order valence-corrected chi connectivity index (χ4v) is 5.32. The van der Waals surface area contributed by atoms with Crippen molar-refractivity contribution in [2.75, 3.05) is 30.8 Å². The molecule has 12 heteroatoms. The lowest BCUT2D eigenvalue weighted by Crippen LogP contribution is -2.53. The van der Waals surface area contributed by atoms with Crippen LogP contribution in [-0.4, -0.2) is 57.6 Å². The highest BCUT2D eigenvalue weighted by Gasteiger charge is 2.35. The second kappa shape index (κ2) is 14.9. The van der Waals surface area contributed by atoms with Gasteiger partial charge in [-0.1, -0.05) is 61.9 Å². The normalized spacial score (nSPS) is 12.3. The standard InChI is InChI=1S/C31H36F3N3O5S/c1-4-5-17-35-30(39)28(19-23-11-7-6-8-12-23)36(21-24-13-9-16-27(18-24)42-2)29(38)22-37(43(3,40)41)26-15-10-14-25(20-26)31(32,33)34/h6-16,18,20,28H,4-5,17,19,21-22H2,1-3H3,(H,35,39)/t28-/m1/s1. The maximum Gasteiger partial charge on any atom is 0.416 e. The third-order valence-corrected chi connectivity index (χ3v) is 7.87. The SMILES string of the molecule is CCCCNC(=O)[C@@H](Cc1ccccc1)N(Cc1cccc(OC)c1)C(=O)CN(c1cccc(C(F)(F)F)c1)S(C)(=O)=O. The Morgan fingerprint density at radius 3 is 2.26 bits per heavy atom. The Morgan fingerprint density at radius 1 is 0.953 bits per heavy atom. The Morgan fingerprint density at radius 2 is 1.63 bits per heavy atom. The molecule has 1 atom stereocenters. The topological polar surface area (TPSA) is 96.0 Å². The molecule has 8 nitrogen and oxygen atoms in total. The van der Waals surface area contributed by atoms with Crippen molar-refractivity contribution >= 4 is 27.5 Å². The Kier molecular flexibility index (Phi) is 11.6. The maximum absolute atomic E-state index is 14.1. The highest BCUT2D eigenvalue weighted by atomic mass is 32.2. The molecule has 0 radical (unpaired) electrons. The van der Waals surface area contributed by atoms with Crippen LogP contribution in [0.15, 0.2) is 78.9 Å². The van der Waals surface area contributed by atoms with Gasteiger partial charge in [-0.3, -0.25) is 13.9 Å². The molecule has 0 aliphatic rings. The van der Waals surface area contributed by atoms with Crippen LogP contribution in [0.4, 0.5) is 18.9 Å². The average molecular weight is 620 g/mol. The van der Waals surface area contributed by atoms with E-state index in [1.807, 2.05) is 25.1 Å². The van der Waals surface area contributed by atoms with Crippen molar-refractivity contribution in [3.63, 3.8) is 0 Å². The van der Waals surface area contributed by atoms with Gasteiger partial charge >= 0.3 is 6.18 Å². The molecule has 3 rings (SSSR count). The minimum atomic E-state index is -4.72. The zero-order valence-electron chi connectivity index (χ0n) is 24.3. The minimum absolute atomic E-state index is 0.0884. The molecule has 232 valence electrons. The number of ether oxygens (including phenoxy) is 1. The Bertz CT molecular complexity index is 1480. The van der Waals surface area contributed by atoms with Gasteiger partial charge in [0.15, 0.2) is 0 Å². The summed E-state index contributed by atoms with van der Waals surface area (Å²) in [6, 6.07) is 18.6. The van der Waals surface area contributed by atoms with Crippen molar-refractivity contribution in [1.29, 1.82) is 0 Å². The zero-order valence-corrected chi connectivity index (χ0v) is 25.1. The summed E-state index contributed by atoms with van der Waals surface area (Å²) in [5.74, 6) is -0.686. The van der Waals surface area contributed by atoms with E-state index >= 15 is 0 Å². The molecule has 0 unspecified atom stereocenters. The predicted molar refractivity (Wildman–Crippen MR) is 159 cm³/mol. The van der Waals surface area contributed by atoms with E-state index in [4.69, 9.17) is 4.74 Å². The summed E-state index contributed by atoms with van der Waals surface area (Å²) in [6.45, 7) is 1.44. The first kappa shape index (κ1) is 33.4. The van der Waals surface area contributed by atoms with Crippen LogP contribution in [-0.2, 0) is 38.8 Å². The molecule has 0 fully saturated rings. The number of hydrogen-bond acceptors (Lipinski definition) is 5. The van der Waals surface area contributed by atoms with Crippen LogP contribution in [0.25, 0.3) is 0 Å². The van der Waals surface area contributed by atoms with Crippen LogP contribution in [0, 0.1) is 0 Å². The van der Waals surface area contributed by atoms with Crippen molar-refractivity contribution in [2.45, 2.75) is 44.9 Å². The number of rotatable bonds is 14. The van der Waals surface area contributed by atoms with E-state index in [1.54, 1.807) is 36.4 Å². The second-order valence-electron chi connectivity index (χ2n) is 10.0. The maximum atomic E-state index is 14.1. The van der Waals surface area contributed by atoms with E-state index in [1.165, 1.54) is 18.1 Å². The number of sulfonamides is 1. The molecule has 2 amide bonds. The number of anilines is 1. The summed E-state index contributed by atoms with van der Waals surface area (Å²) in [5, 5.41) is 2.87.